The van der Waals surface area contributed by atoms with E-state index in [1.807, 2.05) is 0 Å². The average molecular weight is 216 g/mol. The number of rotatable bonds is 2. The van der Waals surface area contributed by atoms with Crippen LogP contribution in [0, 0.1) is 0 Å². The number of hydrogen-bond donors (Lipinski definition) is 0. The molecule has 0 fully saturated rings. The van der Waals surface area contributed by atoms with Crippen LogP contribution in [0.3, 0.4) is 0 Å². The van der Waals surface area contributed by atoms with Gasteiger partial charge in [-0.2, -0.15) is 0 Å². The Morgan fingerprint density at radius 3 is 2.40 bits per heavy atom. The Balaban J connectivity index is 2.51. The van der Waals surface area contributed by atoms with Crippen LogP contribution in [0.1, 0.15) is 30.0 Å². The van der Waals surface area contributed by atoms with Gasteiger partial charge in [-0.1, -0.05) is 62.5 Å². The zero-order chi connectivity index (χ0) is 11.1. The molecule has 0 aliphatic heterocycles. The number of benzene rings is 1. The predicted molar refractivity (Wildman–Crippen MR) is 70.8 cm³/mol. The van der Waals surface area contributed by atoms with Gasteiger partial charge < -0.3 is 0 Å². The topological polar surface area (TPSA) is 0 Å². The number of fused-ring (bicyclic) bond motifs is 1. The third kappa shape index (κ3) is 1.81. The van der Waals surface area contributed by atoms with E-state index < -0.39 is 8.07 Å². The van der Waals surface area contributed by atoms with E-state index in [-0.39, 0.29) is 0 Å². The molecule has 0 amide bonds. The first-order valence-electron chi connectivity index (χ1n) is 5.83. The minimum atomic E-state index is -1.13. The van der Waals surface area contributed by atoms with Gasteiger partial charge >= 0.3 is 0 Å². The van der Waals surface area contributed by atoms with E-state index in [9.17, 15) is 0 Å². The summed E-state index contributed by atoms with van der Waals surface area (Å²) in [4.78, 5) is 0. The Labute approximate surface area is 94.0 Å². The molecule has 80 valence electrons. The summed E-state index contributed by atoms with van der Waals surface area (Å²) in [5, 5.41) is 0. The van der Waals surface area contributed by atoms with Gasteiger partial charge in [-0.25, -0.2) is 0 Å². The first-order valence-corrected chi connectivity index (χ1v) is 9.41. The summed E-state index contributed by atoms with van der Waals surface area (Å²) in [6, 6.07) is 8.90. The minimum absolute atomic E-state index is 0.749. The van der Waals surface area contributed by atoms with Crippen LogP contribution in [0.15, 0.2) is 29.8 Å². The van der Waals surface area contributed by atoms with Gasteiger partial charge in [0.1, 0.15) is 0 Å². The number of allylic oxidation sites excluding steroid dienone is 1. The molecule has 1 heteroatoms. The van der Waals surface area contributed by atoms with E-state index in [2.05, 4.69) is 56.9 Å². The molecule has 15 heavy (non-hydrogen) atoms. The van der Waals surface area contributed by atoms with Crippen molar-refractivity contribution in [1.29, 1.82) is 0 Å². The van der Waals surface area contributed by atoms with Gasteiger partial charge in [0.15, 0.2) is 0 Å². The molecule has 0 radical (unpaired) electrons. The van der Waals surface area contributed by atoms with Gasteiger partial charge in [-0.05, 0) is 17.5 Å². The van der Waals surface area contributed by atoms with Crippen LogP contribution in [0.5, 0.6) is 0 Å². The van der Waals surface area contributed by atoms with Crippen molar-refractivity contribution in [3.05, 3.63) is 41.0 Å². The Morgan fingerprint density at radius 1 is 1.13 bits per heavy atom. The first-order chi connectivity index (χ1) is 7.04. The summed E-state index contributed by atoms with van der Waals surface area (Å²) < 4.78 is 0. The molecule has 1 aliphatic carbocycles. The lowest BCUT2D eigenvalue weighted by Gasteiger charge is -2.28. The molecule has 0 saturated carbocycles. The maximum Gasteiger partial charge on any atom is 0.0569 e. The SMILES string of the molecule is CCC1=Cc2ccccc2C1[Si](C)(C)C. The standard InChI is InChI=1S/C14H20Si/c1-5-11-10-12-8-6-7-9-13(12)14(11)15(2,3)4/h6-10,14H,5H2,1-4H3. The van der Waals surface area contributed by atoms with Crippen molar-refractivity contribution in [2.24, 2.45) is 0 Å². The Hall–Kier alpha value is -0.823. The van der Waals surface area contributed by atoms with Crippen molar-refractivity contribution in [3.8, 4) is 0 Å². The fourth-order valence-corrected chi connectivity index (χ4v) is 5.31. The molecule has 0 bridgehead atoms. The molecule has 0 N–H and O–H groups in total. The van der Waals surface area contributed by atoms with Crippen LogP contribution in [0.2, 0.25) is 19.6 Å². The quantitative estimate of drug-likeness (QED) is 0.641. The second kappa shape index (κ2) is 3.64. The maximum absolute atomic E-state index is 2.48. The Kier molecular flexibility index (Phi) is 2.59. The molecule has 1 aliphatic rings. The van der Waals surface area contributed by atoms with Crippen LogP contribution < -0.4 is 0 Å². The van der Waals surface area contributed by atoms with Crippen molar-refractivity contribution in [3.63, 3.8) is 0 Å². The summed E-state index contributed by atoms with van der Waals surface area (Å²) in [6.07, 6.45) is 3.61. The van der Waals surface area contributed by atoms with Gasteiger partial charge in [0.2, 0.25) is 0 Å². The van der Waals surface area contributed by atoms with Gasteiger partial charge in [0, 0.05) is 5.54 Å². The molecular weight excluding hydrogens is 196 g/mol. The molecular formula is C14H20Si. The molecule has 0 heterocycles. The average Bonchev–Trinajstić information content (AvgIpc) is 2.54. The third-order valence-corrected chi connectivity index (χ3v) is 5.71. The lowest BCUT2D eigenvalue weighted by atomic mass is 10.1. The van der Waals surface area contributed by atoms with Gasteiger partial charge in [-0.15, -0.1) is 0 Å². The largest absolute Gasteiger partial charge is 0.0688 e. The van der Waals surface area contributed by atoms with Crippen LogP contribution in [0.4, 0.5) is 0 Å². The second-order valence-corrected chi connectivity index (χ2v) is 10.8. The highest BCUT2D eigenvalue weighted by Gasteiger charge is 2.34. The molecule has 0 spiro atoms. The molecule has 0 aromatic heterocycles. The van der Waals surface area contributed by atoms with Crippen molar-refractivity contribution in [2.45, 2.75) is 38.5 Å². The van der Waals surface area contributed by atoms with Crippen LogP contribution >= 0.6 is 0 Å². The predicted octanol–water partition coefficient (Wildman–Crippen LogP) is 4.45. The van der Waals surface area contributed by atoms with Crippen molar-refractivity contribution >= 4 is 14.1 Å². The van der Waals surface area contributed by atoms with Crippen molar-refractivity contribution < 1.29 is 0 Å². The summed E-state index contributed by atoms with van der Waals surface area (Å²) >= 11 is 0. The molecule has 1 aromatic carbocycles. The Morgan fingerprint density at radius 2 is 1.80 bits per heavy atom. The Bertz CT molecular complexity index is 396. The summed E-state index contributed by atoms with van der Waals surface area (Å²) in [7, 11) is -1.13. The zero-order valence-corrected chi connectivity index (χ0v) is 11.2. The molecule has 0 nitrogen and oxygen atoms in total. The highest BCUT2D eigenvalue weighted by molar-refractivity contribution is 6.78. The van der Waals surface area contributed by atoms with Gasteiger partial charge in [0.25, 0.3) is 0 Å². The fraction of sp³-hybridized carbons (Fsp3) is 0.429. The molecule has 1 unspecified atom stereocenters. The zero-order valence-electron chi connectivity index (χ0n) is 10.2. The van der Waals surface area contributed by atoms with E-state index >= 15 is 0 Å². The summed E-state index contributed by atoms with van der Waals surface area (Å²) in [6.45, 7) is 9.71. The first kappa shape index (κ1) is 10.7. The van der Waals surface area contributed by atoms with E-state index in [0.717, 1.165) is 5.54 Å². The summed E-state index contributed by atoms with van der Waals surface area (Å²) in [5.41, 5.74) is 5.43. The lowest BCUT2D eigenvalue weighted by molar-refractivity contribution is 0.974. The molecule has 2 rings (SSSR count). The second-order valence-electron chi connectivity index (χ2n) is 5.50. The highest BCUT2D eigenvalue weighted by Crippen LogP contribution is 2.43. The van der Waals surface area contributed by atoms with E-state index in [4.69, 9.17) is 0 Å². The van der Waals surface area contributed by atoms with Crippen molar-refractivity contribution in [2.75, 3.05) is 0 Å². The van der Waals surface area contributed by atoms with Crippen molar-refractivity contribution in [1.82, 2.24) is 0 Å². The van der Waals surface area contributed by atoms with Gasteiger partial charge in [0.05, 0.1) is 8.07 Å². The molecule has 1 atom stereocenters. The van der Waals surface area contributed by atoms with E-state index in [0.29, 0.717) is 0 Å². The van der Waals surface area contributed by atoms with E-state index in [1.54, 1.807) is 11.1 Å². The fourth-order valence-electron chi connectivity index (χ4n) is 2.72. The smallest absolute Gasteiger partial charge is 0.0569 e. The number of hydrogen-bond acceptors (Lipinski definition) is 0. The van der Waals surface area contributed by atoms with E-state index in [1.165, 1.54) is 12.0 Å². The van der Waals surface area contributed by atoms with Crippen LogP contribution in [-0.4, -0.2) is 8.07 Å². The monoisotopic (exact) mass is 216 g/mol. The van der Waals surface area contributed by atoms with Crippen LogP contribution in [0.25, 0.3) is 6.08 Å². The maximum atomic E-state index is 2.48. The minimum Gasteiger partial charge on any atom is -0.0688 e. The van der Waals surface area contributed by atoms with Gasteiger partial charge in [-0.3, -0.25) is 0 Å². The lowest BCUT2D eigenvalue weighted by Crippen LogP contribution is -2.31. The van der Waals surface area contributed by atoms with Crippen LogP contribution in [-0.2, 0) is 0 Å². The highest BCUT2D eigenvalue weighted by atomic mass is 28.3. The normalized spacial score (nSPS) is 20.0. The molecule has 0 saturated heterocycles. The summed E-state index contributed by atoms with van der Waals surface area (Å²) in [5.74, 6) is 0. The molecule has 1 aromatic rings. The third-order valence-electron chi connectivity index (χ3n) is 3.29.